The quantitative estimate of drug-likeness (QED) is 0.681. The van der Waals surface area contributed by atoms with E-state index < -0.39 is 0 Å². The summed E-state index contributed by atoms with van der Waals surface area (Å²) in [6.45, 7) is 11.9. The minimum Gasteiger partial charge on any atom is -0.338 e. The second kappa shape index (κ2) is 7.66. The van der Waals surface area contributed by atoms with E-state index in [-0.39, 0.29) is 11.3 Å². The first-order chi connectivity index (χ1) is 9.30. The second-order valence-corrected chi connectivity index (χ2v) is 7.33. The topological polar surface area (TPSA) is 20.3 Å². The van der Waals surface area contributed by atoms with Gasteiger partial charge in [0.05, 0.1) is 0 Å². The fourth-order valence-electron chi connectivity index (χ4n) is 2.53. The summed E-state index contributed by atoms with van der Waals surface area (Å²) in [7, 11) is 0. The van der Waals surface area contributed by atoms with Crippen LogP contribution in [0.3, 0.4) is 0 Å². The largest absolute Gasteiger partial charge is 0.338 e. The Morgan fingerprint density at radius 1 is 1.35 bits per heavy atom. The maximum Gasteiger partial charge on any atom is 0.228 e. The first-order valence-corrected chi connectivity index (χ1v) is 7.91. The molecule has 0 bridgehead atoms. The summed E-state index contributed by atoms with van der Waals surface area (Å²) in [5.74, 6) is 1.41. The lowest BCUT2D eigenvalue weighted by molar-refractivity contribution is -0.139. The van der Waals surface area contributed by atoms with E-state index in [2.05, 4.69) is 38.2 Å². The van der Waals surface area contributed by atoms with E-state index in [1.165, 1.54) is 12.8 Å². The summed E-state index contributed by atoms with van der Waals surface area (Å²) >= 11 is 0. The van der Waals surface area contributed by atoms with Crippen LogP contribution >= 0.6 is 0 Å². The Morgan fingerprint density at radius 3 is 2.55 bits per heavy atom. The molecule has 0 aliphatic heterocycles. The highest BCUT2D eigenvalue weighted by Gasteiger charge is 2.26. The lowest BCUT2D eigenvalue weighted by Crippen LogP contribution is -2.41. The van der Waals surface area contributed by atoms with Crippen LogP contribution in [-0.2, 0) is 4.79 Å². The van der Waals surface area contributed by atoms with Crippen molar-refractivity contribution >= 4 is 5.91 Å². The Hall–Kier alpha value is -1.05. The van der Waals surface area contributed by atoms with Crippen molar-refractivity contribution in [1.82, 2.24) is 4.90 Å². The number of amides is 1. The van der Waals surface area contributed by atoms with E-state index in [0.29, 0.717) is 11.8 Å². The van der Waals surface area contributed by atoms with Gasteiger partial charge in [0.1, 0.15) is 0 Å². The molecule has 1 aliphatic rings. The van der Waals surface area contributed by atoms with E-state index >= 15 is 0 Å². The molecule has 0 saturated heterocycles. The van der Waals surface area contributed by atoms with Gasteiger partial charge in [-0.15, -0.1) is 0 Å². The molecule has 2 heteroatoms. The maximum absolute atomic E-state index is 12.5. The average Bonchev–Trinajstić information content (AvgIpc) is 2.36. The number of hydrogen-bond donors (Lipinski definition) is 0. The van der Waals surface area contributed by atoms with Crippen LogP contribution in [0.2, 0.25) is 0 Å². The molecule has 1 unspecified atom stereocenters. The Labute approximate surface area is 124 Å². The predicted octanol–water partition coefficient (Wildman–Crippen LogP) is 4.43. The molecule has 1 amide bonds. The molecule has 1 aliphatic carbocycles. The Kier molecular flexibility index (Phi) is 6.51. The molecule has 20 heavy (non-hydrogen) atoms. The van der Waals surface area contributed by atoms with Crippen LogP contribution in [0.5, 0.6) is 0 Å². The Morgan fingerprint density at radius 2 is 2.05 bits per heavy atom. The molecule has 0 radical (unpaired) electrons. The third-order valence-electron chi connectivity index (χ3n) is 3.56. The molecular weight excluding hydrogens is 246 g/mol. The van der Waals surface area contributed by atoms with Crippen molar-refractivity contribution in [1.29, 1.82) is 0 Å². The SMILES string of the molecule is CC(C)CN(C/C=C\C1CC=CCC1)C(=O)C(C)(C)C. The highest BCUT2D eigenvalue weighted by atomic mass is 16.2. The molecule has 0 heterocycles. The number of carbonyl (C=O) groups is 1. The molecule has 1 rings (SSSR count). The first-order valence-electron chi connectivity index (χ1n) is 7.91. The molecule has 0 N–H and O–H groups in total. The summed E-state index contributed by atoms with van der Waals surface area (Å²) in [5, 5.41) is 0. The van der Waals surface area contributed by atoms with Crippen LogP contribution in [0.15, 0.2) is 24.3 Å². The molecular formula is C18H31NO. The van der Waals surface area contributed by atoms with Gasteiger partial charge in [-0.3, -0.25) is 4.79 Å². The van der Waals surface area contributed by atoms with Gasteiger partial charge in [-0.2, -0.15) is 0 Å². The van der Waals surface area contributed by atoms with Crippen LogP contribution in [0.1, 0.15) is 53.9 Å². The van der Waals surface area contributed by atoms with Crippen molar-refractivity contribution in [3.8, 4) is 0 Å². The minimum atomic E-state index is -0.295. The first kappa shape index (κ1) is 17.0. The zero-order valence-corrected chi connectivity index (χ0v) is 13.9. The lowest BCUT2D eigenvalue weighted by Gasteiger charge is -2.30. The van der Waals surface area contributed by atoms with Gasteiger partial charge in [0, 0.05) is 18.5 Å². The smallest absolute Gasteiger partial charge is 0.228 e. The van der Waals surface area contributed by atoms with E-state index in [9.17, 15) is 4.79 Å². The van der Waals surface area contributed by atoms with E-state index in [0.717, 1.165) is 19.5 Å². The van der Waals surface area contributed by atoms with Crippen LogP contribution < -0.4 is 0 Å². The normalized spacial score (nSPS) is 19.8. The van der Waals surface area contributed by atoms with Gasteiger partial charge in [-0.25, -0.2) is 0 Å². The summed E-state index contributed by atoms with van der Waals surface area (Å²) in [5.41, 5.74) is -0.295. The highest BCUT2D eigenvalue weighted by Crippen LogP contribution is 2.20. The molecule has 114 valence electrons. The van der Waals surface area contributed by atoms with Gasteiger partial charge in [-0.1, -0.05) is 58.9 Å². The van der Waals surface area contributed by atoms with Gasteiger partial charge < -0.3 is 4.90 Å². The van der Waals surface area contributed by atoms with Crippen molar-refractivity contribution < 1.29 is 4.79 Å². The fraction of sp³-hybridized carbons (Fsp3) is 0.722. The molecule has 0 spiro atoms. The van der Waals surface area contributed by atoms with E-state index in [4.69, 9.17) is 0 Å². The number of nitrogens with zero attached hydrogens (tertiary/aromatic N) is 1. The third-order valence-corrected chi connectivity index (χ3v) is 3.56. The van der Waals surface area contributed by atoms with Gasteiger partial charge in [0.2, 0.25) is 5.91 Å². The van der Waals surface area contributed by atoms with Crippen molar-refractivity contribution in [2.75, 3.05) is 13.1 Å². The third kappa shape index (κ3) is 5.94. The Bertz CT molecular complexity index is 360. The van der Waals surface area contributed by atoms with Gasteiger partial charge in [-0.05, 0) is 31.1 Å². The van der Waals surface area contributed by atoms with Gasteiger partial charge >= 0.3 is 0 Å². The summed E-state index contributed by atoms with van der Waals surface area (Å²) < 4.78 is 0. The molecule has 1 atom stereocenters. The molecule has 0 aromatic carbocycles. The lowest BCUT2D eigenvalue weighted by atomic mass is 9.93. The van der Waals surface area contributed by atoms with Crippen molar-refractivity contribution in [2.45, 2.75) is 53.9 Å². The fourth-order valence-corrected chi connectivity index (χ4v) is 2.53. The Balaban J connectivity index is 2.58. The van der Waals surface area contributed by atoms with Crippen LogP contribution in [-0.4, -0.2) is 23.9 Å². The molecule has 0 aromatic heterocycles. The van der Waals surface area contributed by atoms with Crippen LogP contribution in [0.4, 0.5) is 0 Å². The van der Waals surface area contributed by atoms with Crippen LogP contribution in [0, 0.1) is 17.3 Å². The zero-order valence-electron chi connectivity index (χ0n) is 13.9. The van der Waals surface area contributed by atoms with Crippen molar-refractivity contribution in [2.24, 2.45) is 17.3 Å². The van der Waals surface area contributed by atoms with Crippen molar-refractivity contribution in [3.63, 3.8) is 0 Å². The second-order valence-electron chi connectivity index (χ2n) is 7.33. The molecule has 2 nitrogen and oxygen atoms in total. The zero-order chi connectivity index (χ0) is 15.2. The number of rotatable bonds is 5. The highest BCUT2D eigenvalue weighted by molar-refractivity contribution is 5.81. The monoisotopic (exact) mass is 277 g/mol. The van der Waals surface area contributed by atoms with E-state index in [1.807, 2.05) is 25.7 Å². The minimum absolute atomic E-state index is 0.249. The van der Waals surface area contributed by atoms with E-state index in [1.54, 1.807) is 0 Å². The summed E-state index contributed by atoms with van der Waals surface area (Å²) in [4.78, 5) is 14.5. The maximum atomic E-state index is 12.5. The summed E-state index contributed by atoms with van der Waals surface area (Å²) in [6, 6.07) is 0. The summed E-state index contributed by atoms with van der Waals surface area (Å²) in [6.07, 6.45) is 12.6. The van der Waals surface area contributed by atoms with Gasteiger partial charge in [0.15, 0.2) is 0 Å². The molecule has 0 saturated carbocycles. The molecule has 0 aromatic rings. The van der Waals surface area contributed by atoms with Gasteiger partial charge in [0.25, 0.3) is 0 Å². The number of hydrogen-bond acceptors (Lipinski definition) is 1. The number of allylic oxidation sites excluding steroid dienone is 3. The average molecular weight is 277 g/mol. The number of carbonyl (C=O) groups excluding carboxylic acids is 1. The standard InChI is InChI=1S/C18H31NO/c1-15(2)14-19(17(20)18(3,4)5)13-9-12-16-10-7-6-8-11-16/h6-7,9,12,15-16H,8,10-11,13-14H2,1-5H3/b12-9-. The van der Waals surface area contributed by atoms with Crippen molar-refractivity contribution in [3.05, 3.63) is 24.3 Å². The molecule has 0 fully saturated rings. The predicted molar refractivity (Wildman–Crippen MR) is 86.5 cm³/mol. The van der Waals surface area contributed by atoms with Crippen LogP contribution in [0.25, 0.3) is 0 Å².